The molecule has 0 bridgehead atoms. The van der Waals surface area contributed by atoms with Crippen LogP contribution in [0.3, 0.4) is 0 Å². The van der Waals surface area contributed by atoms with Crippen LogP contribution >= 0.6 is 0 Å². The normalized spacial score (nSPS) is 15.7. The van der Waals surface area contributed by atoms with E-state index in [4.69, 9.17) is 14.8 Å². The predicted octanol–water partition coefficient (Wildman–Crippen LogP) is 1.48. The molecule has 0 aromatic rings. The Morgan fingerprint density at radius 1 is 1.69 bits per heavy atom. The lowest BCUT2D eigenvalue weighted by atomic mass is 9.89. The van der Waals surface area contributed by atoms with Crippen molar-refractivity contribution in [3.05, 3.63) is 10.4 Å². The van der Waals surface area contributed by atoms with E-state index in [1.165, 1.54) is 6.92 Å². The van der Waals surface area contributed by atoms with Crippen molar-refractivity contribution in [3.8, 4) is 0 Å². The minimum Gasteiger partial charge on any atom is -0.466 e. The third-order valence-electron chi connectivity index (χ3n) is 2.04. The third kappa shape index (κ3) is 5.11. The largest absolute Gasteiger partial charge is 0.466 e. The van der Waals surface area contributed by atoms with Crippen molar-refractivity contribution in [2.24, 2.45) is 10.5 Å². The van der Waals surface area contributed by atoms with Gasteiger partial charge in [-0.1, -0.05) is 5.11 Å². The Morgan fingerprint density at radius 2 is 2.31 bits per heavy atom. The van der Waals surface area contributed by atoms with E-state index in [0.29, 0.717) is 0 Å². The first-order chi connectivity index (χ1) is 7.46. The maximum absolute atomic E-state index is 11.6. The second-order valence-corrected chi connectivity index (χ2v) is 4.38. The van der Waals surface area contributed by atoms with Crippen molar-refractivity contribution >= 4 is 17.0 Å². The van der Waals surface area contributed by atoms with Gasteiger partial charge in [-0.15, -0.1) is 0 Å². The standard InChI is InChI=1S/C8H15N3O4S/c1-3-15-7(12)8(2,6-16(13)14)4-5-10-11-9/h3-6H2,1-2H3,(H,13,14)/t8-/m0/s1. The number of azide groups is 1. The van der Waals surface area contributed by atoms with Crippen molar-refractivity contribution in [1.82, 2.24) is 0 Å². The summed E-state index contributed by atoms with van der Waals surface area (Å²) in [6, 6.07) is 0. The van der Waals surface area contributed by atoms with E-state index in [1.807, 2.05) is 0 Å². The Morgan fingerprint density at radius 3 is 2.75 bits per heavy atom. The van der Waals surface area contributed by atoms with Gasteiger partial charge in [0.2, 0.25) is 0 Å². The summed E-state index contributed by atoms with van der Waals surface area (Å²) in [7, 11) is 0. The van der Waals surface area contributed by atoms with E-state index in [2.05, 4.69) is 10.0 Å². The Bertz CT molecular complexity index is 316. The molecule has 0 aliphatic heterocycles. The monoisotopic (exact) mass is 249 g/mol. The number of ether oxygens (including phenoxy) is 1. The van der Waals surface area contributed by atoms with E-state index in [-0.39, 0.29) is 25.3 Å². The van der Waals surface area contributed by atoms with Gasteiger partial charge in [-0.2, -0.15) is 0 Å². The van der Waals surface area contributed by atoms with Crippen LogP contribution in [0.4, 0.5) is 0 Å². The SMILES string of the molecule is CCOC(=O)[C@@](C)(CCN=[N+]=[N-])CS(=O)O. The van der Waals surface area contributed by atoms with Crippen LogP contribution in [0.15, 0.2) is 5.11 Å². The molecule has 0 radical (unpaired) electrons. The van der Waals surface area contributed by atoms with Crippen molar-refractivity contribution < 1.29 is 18.3 Å². The number of rotatable bonds is 7. The fourth-order valence-corrected chi connectivity index (χ4v) is 1.96. The van der Waals surface area contributed by atoms with Gasteiger partial charge in [-0.3, -0.25) is 4.79 Å². The zero-order valence-corrected chi connectivity index (χ0v) is 10.1. The molecule has 2 atom stereocenters. The van der Waals surface area contributed by atoms with E-state index in [1.54, 1.807) is 6.92 Å². The Kier molecular flexibility index (Phi) is 6.71. The van der Waals surface area contributed by atoms with Gasteiger partial charge in [0.1, 0.15) is 0 Å². The number of hydrogen-bond donors (Lipinski definition) is 1. The lowest BCUT2D eigenvalue weighted by Crippen LogP contribution is -2.36. The van der Waals surface area contributed by atoms with Crippen LogP contribution < -0.4 is 0 Å². The molecule has 8 heteroatoms. The predicted molar refractivity (Wildman–Crippen MR) is 59.0 cm³/mol. The van der Waals surface area contributed by atoms with Gasteiger partial charge in [-0.05, 0) is 25.8 Å². The summed E-state index contributed by atoms with van der Waals surface area (Å²) in [5, 5.41) is 3.30. The summed E-state index contributed by atoms with van der Waals surface area (Å²) in [6.07, 6.45) is 0.183. The molecule has 92 valence electrons. The first kappa shape index (κ1) is 14.9. The van der Waals surface area contributed by atoms with Crippen molar-refractivity contribution in [1.29, 1.82) is 0 Å². The quantitative estimate of drug-likeness (QED) is 0.242. The van der Waals surface area contributed by atoms with Crippen LogP contribution in [-0.2, 0) is 20.6 Å². The Hall–Kier alpha value is -1.11. The van der Waals surface area contributed by atoms with Gasteiger partial charge >= 0.3 is 5.97 Å². The molecule has 0 saturated heterocycles. The van der Waals surface area contributed by atoms with E-state index < -0.39 is 22.5 Å². The van der Waals surface area contributed by atoms with Crippen LogP contribution in [-0.4, -0.2) is 33.6 Å². The van der Waals surface area contributed by atoms with Crippen LogP contribution in [0.2, 0.25) is 0 Å². The van der Waals surface area contributed by atoms with Crippen LogP contribution in [0, 0.1) is 5.41 Å². The molecule has 1 unspecified atom stereocenters. The zero-order valence-electron chi connectivity index (χ0n) is 9.25. The molecule has 16 heavy (non-hydrogen) atoms. The van der Waals surface area contributed by atoms with Gasteiger partial charge in [0, 0.05) is 11.5 Å². The first-order valence-electron chi connectivity index (χ1n) is 4.72. The van der Waals surface area contributed by atoms with Gasteiger partial charge in [0.15, 0.2) is 11.1 Å². The highest BCUT2D eigenvalue weighted by Gasteiger charge is 2.36. The number of nitrogens with zero attached hydrogens (tertiary/aromatic N) is 3. The summed E-state index contributed by atoms with van der Waals surface area (Å²) in [5.74, 6) is -0.780. The molecular weight excluding hydrogens is 234 g/mol. The summed E-state index contributed by atoms with van der Waals surface area (Å²) < 4.78 is 24.4. The highest BCUT2D eigenvalue weighted by atomic mass is 32.2. The van der Waals surface area contributed by atoms with E-state index in [0.717, 1.165) is 0 Å². The summed E-state index contributed by atoms with van der Waals surface area (Å²) >= 11 is -2.10. The molecular formula is C8H15N3O4S. The zero-order chi connectivity index (χ0) is 12.6. The van der Waals surface area contributed by atoms with Gasteiger partial charge in [0.05, 0.1) is 17.8 Å². The molecule has 0 amide bonds. The molecule has 0 fully saturated rings. The minimum absolute atomic E-state index is 0.0863. The summed E-state index contributed by atoms with van der Waals surface area (Å²) in [4.78, 5) is 14.1. The molecule has 0 saturated carbocycles. The lowest BCUT2D eigenvalue weighted by molar-refractivity contribution is -0.153. The first-order valence-corrected chi connectivity index (χ1v) is 5.99. The maximum atomic E-state index is 11.6. The number of esters is 1. The van der Waals surface area contributed by atoms with E-state index in [9.17, 15) is 9.00 Å². The Balaban J connectivity index is 4.64. The third-order valence-corrected chi connectivity index (χ3v) is 2.92. The van der Waals surface area contributed by atoms with Gasteiger partial charge < -0.3 is 9.29 Å². The molecule has 1 N–H and O–H groups in total. The smallest absolute Gasteiger partial charge is 0.312 e. The number of hydrogen-bond acceptors (Lipinski definition) is 4. The molecule has 0 spiro atoms. The van der Waals surface area contributed by atoms with E-state index >= 15 is 0 Å². The average molecular weight is 249 g/mol. The Labute approximate surface area is 96.1 Å². The number of carbonyl (C=O) groups excluding carboxylic acids is 1. The minimum atomic E-state index is -2.10. The highest BCUT2D eigenvalue weighted by molar-refractivity contribution is 7.79. The van der Waals surface area contributed by atoms with Crippen molar-refractivity contribution in [3.63, 3.8) is 0 Å². The van der Waals surface area contributed by atoms with Gasteiger partial charge in [0.25, 0.3) is 0 Å². The fraction of sp³-hybridized carbons (Fsp3) is 0.875. The van der Waals surface area contributed by atoms with Crippen molar-refractivity contribution in [2.75, 3.05) is 18.9 Å². The second kappa shape index (κ2) is 7.21. The molecule has 0 aliphatic rings. The maximum Gasteiger partial charge on any atom is 0.312 e. The molecule has 0 aliphatic carbocycles. The summed E-state index contributed by atoms with van der Waals surface area (Å²) in [6.45, 7) is 3.46. The molecule has 7 nitrogen and oxygen atoms in total. The molecule has 0 rings (SSSR count). The second-order valence-electron chi connectivity index (χ2n) is 3.45. The van der Waals surface area contributed by atoms with Crippen LogP contribution in [0.1, 0.15) is 20.3 Å². The highest BCUT2D eigenvalue weighted by Crippen LogP contribution is 2.24. The van der Waals surface area contributed by atoms with Crippen LogP contribution in [0.5, 0.6) is 0 Å². The van der Waals surface area contributed by atoms with Gasteiger partial charge in [-0.25, -0.2) is 4.21 Å². The summed E-state index contributed by atoms with van der Waals surface area (Å²) in [5.41, 5.74) is 7.03. The van der Waals surface area contributed by atoms with Crippen molar-refractivity contribution in [2.45, 2.75) is 20.3 Å². The molecule has 0 aromatic carbocycles. The van der Waals surface area contributed by atoms with Crippen LogP contribution in [0.25, 0.3) is 10.4 Å². The molecule has 0 aromatic heterocycles. The fourth-order valence-electron chi connectivity index (χ4n) is 1.15. The lowest BCUT2D eigenvalue weighted by Gasteiger charge is -2.24. The topological polar surface area (TPSA) is 112 Å². The number of carbonyl (C=O) groups is 1. The molecule has 0 heterocycles. The average Bonchev–Trinajstić information content (AvgIpc) is 2.17.